The smallest absolute Gasteiger partial charge is 0.406 e. The molecule has 166 valence electrons. The van der Waals surface area contributed by atoms with E-state index < -0.39 is 24.3 Å². The molecule has 2 aromatic rings. The Bertz CT molecular complexity index is 953. The highest BCUT2D eigenvalue weighted by Crippen LogP contribution is 2.31. The van der Waals surface area contributed by atoms with Crippen LogP contribution in [0.4, 0.5) is 29.5 Å². The number of aromatic nitrogens is 1. The summed E-state index contributed by atoms with van der Waals surface area (Å²) in [7, 11) is 1.42. The lowest BCUT2D eigenvalue weighted by Gasteiger charge is -2.31. The zero-order valence-electron chi connectivity index (χ0n) is 16.4. The van der Waals surface area contributed by atoms with E-state index in [1.807, 2.05) is 0 Å². The van der Waals surface area contributed by atoms with Crippen molar-refractivity contribution in [2.24, 2.45) is 5.73 Å². The van der Waals surface area contributed by atoms with Gasteiger partial charge in [0.25, 0.3) is 0 Å². The van der Waals surface area contributed by atoms with Crippen molar-refractivity contribution in [2.45, 2.75) is 18.9 Å². The number of carbonyl (C=O) groups excluding carboxylic acids is 2. The molecular weight excluding hydrogens is 419 g/mol. The van der Waals surface area contributed by atoms with E-state index in [0.29, 0.717) is 16.8 Å². The summed E-state index contributed by atoms with van der Waals surface area (Å²) in [5, 5.41) is 5.38. The molecule has 0 saturated heterocycles. The number of fused-ring (bicyclic) bond motifs is 1. The van der Waals surface area contributed by atoms with E-state index in [-0.39, 0.29) is 31.3 Å². The standard InChI is InChI=1S/C19H20F3N5O4/c1-30-10-14(11-2-4-13(5-3-11)31-19(20,21)22)25-18(29)27-9-15(28)26-16-12(8-23)6-7-24-17(16)27/h2-7,14H,8-10,23H2,1H3,(H,25,29)(H,26,28). The van der Waals surface area contributed by atoms with Gasteiger partial charge in [0.1, 0.15) is 12.3 Å². The van der Waals surface area contributed by atoms with Gasteiger partial charge in [-0.3, -0.25) is 9.69 Å². The number of anilines is 2. The fourth-order valence-corrected chi connectivity index (χ4v) is 3.08. The molecular formula is C19H20F3N5O4. The molecule has 31 heavy (non-hydrogen) atoms. The summed E-state index contributed by atoms with van der Waals surface area (Å²) in [6, 6.07) is 5.34. The zero-order valence-corrected chi connectivity index (χ0v) is 16.4. The third kappa shape index (κ3) is 5.41. The van der Waals surface area contributed by atoms with E-state index in [9.17, 15) is 22.8 Å². The largest absolute Gasteiger partial charge is 0.573 e. The number of amides is 3. The van der Waals surface area contributed by atoms with Crippen LogP contribution < -0.4 is 26.0 Å². The van der Waals surface area contributed by atoms with Crippen molar-refractivity contribution in [1.29, 1.82) is 0 Å². The van der Waals surface area contributed by atoms with Crippen molar-refractivity contribution in [3.8, 4) is 5.75 Å². The summed E-state index contributed by atoms with van der Waals surface area (Å²) in [6.45, 7) is -0.0917. The van der Waals surface area contributed by atoms with Crippen LogP contribution >= 0.6 is 0 Å². The molecule has 2 heterocycles. The number of rotatable bonds is 6. The molecule has 1 atom stereocenters. The van der Waals surface area contributed by atoms with E-state index in [4.69, 9.17) is 10.5 Å². The number of nitrogens with zero attached hydrogens (tertiary/aromatic N) is 2. The van der Waals surface area contributed by atoms with Gasteiger partial charge in [0, 0.05) is 19.9 Å². The molecule has 12 heteroatoms. The third-order valence-corrected chi connectivity index (χ3v) is 4.45. The average molecular weight is 439 g/mol. The summed E-state index contributed by atoms with van der Waals surface area (Å²) >= 11 is 0. The number of nitrogens with one attached hydrogen (secondary N) is 2. The molecule has 3 rings (SSSR count). The maximum Gasteiger partial charge on any atom is 0.573 e. The van der Waals surface area contributed by atoms with Gasteiger partial charge in [-0.2, -0.15) is 0 Å². The lowest BCUT2D eigenvalue weighted by molar-refractivity contribution is -0.274. The predicted octanol–water partition coefficient (Wildman–Crippen LogP) is 2.29. The molecule has 0 spiro atoms. The zero-order chi connectivity index (χ0) is 22.6. The van der Waals surface area contributed by atoms with Crippen LogP contribution in [0, 0.1) is 0 Å². The Kier molecular flexibility index (Phi) is 6.61. The number of urea groups is 1. The van der Waals surface area contributed by atoms with Gasteiger partial charge in [-0.05, 0) is 29.3 Å². The van der Waals surface area contributed by atoms with Gasteiger partial charge in [0.15, 0.2) is 5.82 Å². The molecule has 1 aliphatic heterocycles. The van der Waals surface area contributed by atoms with Gasteiger partial charge < -0.3 is 25.8 Å². The summed E-state index contributed by atoms with van der Waals surface area (Å²) in [6.07, 6.45) is -3.33. The van der Waals surface area contributed by atoms with Crippen LogP contribution in [0.5, 0.6) is 5.75 Å². The van der Waals surface area contributed by atoms with Gasteiger partial charge in [0.2, 0.25) is 5.91 Å². The van der Waals surface area contributed by atoms with Crippen LogP contribution in [-0.4, -0.2) is 43.5 Å². The van der Waals surface area contributed by atoms with Crippen molar-refractivity contribution in [3.05, 3.63) is 47.7 Å². The topological polar surface area (TPSA) is 119 Å². The van der Waals surface area contributed by atoms with Crippen LogP contribution in [0.15, 0.2) is 36.5 Å². The number of methoxy groups -OCH3 is 1. The van der Waals surface area contributed by atoms with E-state index in [2.05, 4.69) is 20.4 Å². The maximum absolute atomic E-state index is 13.0. The monoisotopic (exact) mass is 439 g/mol. The van der Waals surface area contributed by atoms with Gasteiger partial charge in [0.05, 0.1) is 18.3 Å². The van der Waals surface area contributed by atoms with E-state index in [1.54, 1.807) is 6.07 Å². The highest BCUT2D eigenvalue weighted by Gasteiger charge is 2.32. The highest BCUT2D eigenvalue weighted by molar-refractivity contribution is 6.09. The van der Waals surface area contributed by atoms with Crippen LogP contribution in [0.3, 0.4) is 0 Å². The number of hydrogen-bond acceptors (Lipinski definition) is 6. The maximum atomic E-state index is 13.0. The summed E-state index contributed by atoms with van der Waals surface area (Å²) < 4.78 is 46.0. The van der Waals surface area contributed by atoms with Gasteiger partial charge >= 0.3 is 12.4 Å². The normalized spacial score (nSPS) is 14.5. The molecule has 0 saturated carbocycles. The van der Waals surface area contributed by atoms with Crippen molar-refractivity contribution < 1.29 is 32.2 Å². The molecule has 9 nitrogen and oxygen atoms in total. The molecule has 3 amide bonds. The number of ether oxygens (including phenoxy) is 2. The van der Waals surface area contributed by atoms with E-state index in [0.717, 1.165) is 17.0 Å². The Balaban J connectivity index is 1.81. The molecule has 1 aliphatic rings. The fraction of sp³-hybridized carbons (Fsp3) is 0.316. The van der Waals surface area contributed by atoms with Gasteiger partial charge in [-0.15, -0.1) is 13.2 Å². The number of benzene rings is 1. The Hall–Kier alpha value is -3.38. The average Bonchev–Trinajstić information content (AvgIpc) is 2.71. The van der Waals surface area contributed by atoms with Crippen LogP contribution in [-0.2, 0) is 16.1 Å². The summed E-state index contributed by atoms with van der Waals surface area (Å²) in [5.41, 5.74) is 7.14. The predicted molar refractivity (Wildman–Crippen MR) is 104 cm³/mol. The lowest BCUT2D eigenvalue weighted by atomic mass is 10.1. The van der Waals surface area contributed by atoms with Gasteiger partial charge in [-0.1, -0.05) is 12.1 Å². The number of hydrogen-bond donors (Lipinski definition) is 3. The molecule has 1 unspecified atom stereocenters. The first-order valence-electron chi connectivity index (χ1n) is 9.12. The Morgan fingerprint density at radius 2 is 2.03 bits per heavy atom. The summed E-state index contributed by atoms with van der Waals surface area (Å²) in [4.78, 5) is 30.4. The Labute approximate surface area is 175 Å². The third-order valence-electron chi connectivity index (χ3n) is 4.45. The second-order valence-electron chi connectivity index (χ2n) is 6.58. The molecule has 1 aromatic heterocycles. The second-order valence-corrected chi connectivity index (χ2v) is 6.58. The van der Waals surface area contributed by atoms with Crippen LogP contribution in [0.2, 0.25) is 0 Å². The van der Waals surface area contributed by atoms with Crippen LogP contribution in [0.1, 0.15) is 17.2 Å². The van der Waals surface area contributed by atoms with E-state index >= 15 is 0 Å². The van der Waals surface area contributed by atoms with Crippen LogP contribution in [0.25, 0.3) is 0 Å². The first-order valence-corrected chi connectivity index (χ1v) is 9.12. The number of alkyl halides is 3. The molecule has 1 aromatic carbocycles. The first kappa shape index (κ1) is 22.3. The van der Waals surface area contributed by atoms with Crippen molar-refractivity contribution >= 4 is 23.4 Å². The number of halogens is 3. The highest BCUT2D eigenvalue weighted by atomic mass is 19.4. The summed E-state index contributed by atoms with van der Waals surface area (Å²) in [5.74, 6) is -0.564. The number of pyridine rings is 1. The number of nitrogens with two attached hydrogens (primary N) is 1. The molecule has 0 fully saturated rings. The Morgan fingerprint density at radius 3 is 2.65 bits per heavy atom. The molecule has 0 radical (unpaired) electrons. The minimum Gasteiger partial charge on any atom is -0.406 e. The number of carbonyl (C=O) groups is 2. The fourth-order valence-electron chi connectivity index (χ4n) is 3.08. The molecule has 4 N–H and O–H groups in total. The van der Waals surface area contributed by atoms with Crippen molar-refractivity contribution in [1.82, 2.24) is 10.3 Å². The van der Waals surface area contributed by atoms with Gasteiger partial charge in [-0.25, -0.2) is 9.78 Å². The SMILES string of the molecule is COCC(NC(=O)N1CC(=O)Nc2c(CN)ccnc21)c1ccc(OC(F)(F)F)cc1. The lowest BCUT2D eigenvalue weighted by Crippen LogP contribution is -2.49. The first-order chi connectivity index (χ1) is 14.7. The minimum atomic E-state index is -4.81. The Morgan fingerprint density at radius 1 is 1.32 bits per heavy atom. The van der Waals surface area contributed by atoms with E-state index in [1.165, 1.54) is 25.4 Å². The molecule has 0 aliphatic carbocycles. The quantitative estimate of drug-likeness (QED) is 0.636. The van der Waals surface area contributed by atoms with Crippen molar-refractivity contribution in [3.63, 3.8) is 0 Å². The second kappa shape index (κ2) is 9.18. The minimum absolute atomic E-state index is 0.0361. The van der Waals surface area contributed by atoms with Crippen molar-refractivity contribution in [2.75, 3.05) is 30.5 Å². The molecule has 0 bridgehead atoms.